The van der Waals surface area contributed by atoms with Gasteiger partial charge in [0.05, 0.1) is 5.56 Å². The molecule has 2 aromatic rings. The number of pyridine rings is 1. The maximum Gasteiger partial charge on any atom is 0.352 e. The Bertz CT molecular complexity index is 1610. The van der Waals surface area contributed by atoms with Gasteiger partial charge >= 0.3 is 11.9 Å². The number of unbranched alkanes of at least 4 members (excludes halogenated alkanes) is 5. The van der Waals surface area contributed by atoms with Crippen LogP contribution in [0.3, 0.4) is 0 Å². The molecule has 2 aromatic heterocycles. The minimum atomic E-state index is -1.77. The van der Waals surface area contributed by atoms with Crippen molar-refractivity contribution in [2.24, 2.45) is 5.16 Å². The number of thioether (sulfide) groups is 1. The van der Waals surface area contributed by atoms with Gasteiger partial charge in [0.2, 0.25) is 5.60 Å². The molecule has 4 heterocycles. The van der Waals surface area contributed by atoms with E-state index in [1.807, 2.05) is 0 Å². The summed E-state index contributed by atoms with van der Waals surface area (Å²) in [5, 5.41) is 29.5. The second kappa shape index (κ2) is 16.1. The predicted molar refractivity (Wildman–Crippen MR) is 178 cm³/mol. The van der Waals surface area contributed by atoms with E-state index < -0.39 is 46.5 Å². The van der Waals surface area contributed by atoms with E-state index in [2.05, 4.69) is 27.7 Å². The number of anilines is 1. The number of nitrogen functional groups attached to an aromatic ring is 1. The molecule has 2 aliphatic rings. The van der Waals surface area contributed by atoms with Crippen molar-refractivity contribution in [1.29, 1.82) is 0 Å². The largest absolute Gasteiger partial charge is 0.478 e. The summed E-state index contributed by atoms with van der Waals surface area (Å²) in [5.74, 6) is -4.05. The van der Waals surface area contributed by atoms with Gasteiger partial charge in [-0.1, -0.05) is 44.2 Å². The molecule has 17 heteroatoms. The third-order valence-corrected chi connectivity index (χ3v) is 9.75. The quantitative estimate of drug-likeness (QED) is 0.0529. The van der Waals surface area contributed by atoms with Crippen LogP contribution in [0.4, 0.5) is 5.13 Å². The number of amides is 3. The van der Waals surface area contributed by atoms with Gasteiger partial charge in [0.1, 0.15) is 22.8 Å². The van der Waals surface area contributed by atoms with Gasteiger partial charge in [-0.2, -0.15) is 0 Å². The second-order valence-corrected chi connectivity index (χ2v) is 13.8. The molecular weight excluding hydrogens is 663 g/mol. The molecular formula is C31H40N7O8S2+. The van der Waals surface area contributed by atoms with Crippen LogP contribution >= 0.6 is 23.1 Å². The number of carboxylic acids is 2. The maximum atomic E-state index is 13.3. The first-order valence-electron chi connectivity index (χ1n) is 15.5. The van der Waals surface area contributed by atoms with Crippen LogP contribution in [-0.2, 0) is 30.6 Å². The number of carbonyl (C=O) groups is 5. The summed E-state index contributed by atoms with van der Waals surface area (Å²) in [6.45, 7) is 5.43. The van der Waals surface area contributed by atoms with Gasteiger partial charge in [-0.3, -0.25) is 19.3 Å². The van der Waals surface area contributed by atoms with Gasteiger partial charge in [0.15, 0.2) is 29.8 Å². The Morgan fingerprint density at radius 2 is 1.83 bits per heavy atom. The molecule has 15 nitrogen and oxygen atoms in total. The molecule has 0 aromatic carbocycles. The second-order valence-electron chi connectivity index (χ2n) is 11.8. The molecule has 0 spiro atoms. The lowest BCUT2D eigenvalue weighted by atomic mass is 10.0. The number of rotatable bonds is 17. The molecule has 0 unspecified atom stereocenters. The average Bonchev–Trinajstić information content (AvgIpc) is 3.48. The zero-order chi connectivity index (χ0) is 35.0. The van der Waals surface area contributed by atoms with Gasteiger partial charge in [-0.05, 0) is 20.3 Å². The molecule has 0 bridgehead atoms. The Morgan fingerprint density at radius 3 is 2.46 bits per heavy atom. The van der Waals surface area contributed by atoms with Crippen molar-refractivity contribution in [3.05, 3.63) is 52.4 Å². The number of aliphatic carboxylic acids is 2. The fourth-order valence-electron chi connectivity index (χ4n) is 4.96. The number of nitrogens with zero attached hydrogens (tertiary/aromatic N) is 4. The van der Waals surface area contributed by atoms with E-state index in [0.717, 1.165) is 35.5 Å². The minimum absolute atomic E-state index is 0.0165. The van der Waals surface area contributed by atoms with Gasteiger partial charge < -0.3 is 31.4 Å². The molecule has 6 N–H and O–H groups in total. The highest BCUT2D eigenvalue weighted by molar-refractivity contribution is 8.00. The van der Waals surface area contributed by atoms with E-state index in [0.29, 0.717) is 17.7 Å². The highest BCUT2D eigenvalue weighted by atomic mass is 32.2. The van der Waals surface area contributed by atoms with Crippen molar-refractivity contribution >= 4 is 63.6 Å². The number of oxime groups is 1. The van der Waals surface area contributed by atoms with Crippen LogP contribution in [0, 0.1) is 0 Å². The highest BCUT2D eigenvalue weighted by Crippen LogP contribution is 2.40. The number of hydrogen-bond donors (Lipinski definition) is 5. The Morgan fingerprint density at radius 1 is 1.15 bits per heavy atom. The highest BCUT2D eigenvalue weighted by Gasteiger charge is 2.55. The van der Waals surface area contributed by atoms with E-state index in [9.17, 15) is 34.2 Å². The summed E-state index contributed by atoms with van der Waals surface area (Å²) in [5.41, 5.74) is 4.35. The van der Waals surface area contributed by atoms with Gasteiger partial charge in [-0.15, -0.1) is 23.1 Å². The van der Waals surface area contributed by atoms with Gasteiger partial charge in [-0.25, -0.2) is 19.1 Å². The molecule has 0 radical (unpaired) electrons. The Hall–Kier alpha value is -4.51. The molecule has 2 atom stereocenters. The van der Waals surface area contributed by atoms with Gasteiger partial charge in [0, 0.05) is 35.4 Å². The van der Waals surface area contributed by atoms with Crippen molar-refractivity contribution in [2.75, 3.05) is 18.0 Å². The third kappa shape index (κ3) is 8.69. The molecule has 0 saturated carbocycles. The van der Waals surface area contributed by atoms with Gasteiger partial charge in [0.25, 0.3) is 17.7 Å². The van der Waals surface area contributed by atoms with Crippen LogP contribution in [-0.4, -0.2) is 84.8 Å². The molecule has 1 saturated heterocycles. The van der Waals surface area contributed by atoms with Crippen LogP contribution in [0.25, 0.3) is 0 Å². The number of β-lactam (4-membered cyclic amide) rings is 1. The zero-order valence-corrected chi connectivity index (χ0v) is 28.6. The summed E-state index contributed by atoms with van der Waals surface area (Å²) < 4.78 is 1.73. The Balaban J connectivity index is 1.41. The normalized spacial score (nSPS) is 17.8. The van der Waals surface area contributed by atoms with E-state index in [4.69, 9.17) is 10.6 Å². The standard InChI is InChI=1S/C31H39N7O8S2/c1-4-5-6-7-8-9-12-33-24(39)18-10-13-37(14-11-18)15-19-16-47-27-22(26(41)38(27)23(19)28(42)43)35-25(40)21(20-17-48-30(32)34-20)36-46-31(2,3)29(44)45/h10-11,13-14,17,22,27H,4-9,12,15-16H2,1-3H3,(H5-,32,33,34,35,39,40,42,43,44,45)/p+1/b36-21-/t22-,27-/m1/s1. The average molecular weight is 703 g/mol. The first-order chi connectivity index (χ1) is 22.8. The third-order valence-electron chi connectivity index (χ3n) is 7.74. The fourth-order valence-corrected chi connectivity index (χ4v) is 6.84. The predicted octanol–water partition coefficient (Wildman–Crippen LogP) is 2.13. The molecule has 3 amide bonds. The lowest BCUT2D eigenvalue weighted by molar-refractivity contribution is -0.689. The number of thiazole rings is 1. The summed E-state index contributed by atoms with van der Waals surface area (Å²) in [6, 6.07) is 2.23. The molecule has 4 rings (SSSR count). The molecule has 0 aliphatic carbocycles. The monoisotopic (exact) mass is 702 g/mol. The first-order valence-corrected chi connectivity index (χ1v) is 17.5. The zero-order valence-electron chi connectivity index (χ0n) is 26.9. The van der Waals surface area contributed by atoms with E-state index >= 15 is 0 Å². The van der Waals surface area contributed by atoms with Crippen LogP contribution in [0.5, 0.6) is 0 Å². The Kier molecular flexibility index (Phi) is 12.2. The molecule has 2 aliphatic heterocycles. The number of carbonyl (C=O) groups excluding carboxylic acids is 3. The number of aromatic nitrogens is 2. The Labute approximate surface area is 285 Å². The number of fused-ring (bicyclic) bond motifs is 1. The van der Waals surface area contributed by atoms with Crippen LogP contribution in [0.15, 0.2) is 46.3 Å². The van der Waals surface area contributed by atoms with Crippen LogP contribution < -0.4 is 20.9 Å². The number of carboxylic acid groups (broad SMARTS) is 2. The first kappa shape index (κ1) is 36.3. The lowest BCUT2D eigenvalue weighted by Gasteiger charge is -2.49. The maximum absolute atomic E-state index is 13.3. The van der Waals surface area contributed by atoms with E-state index in [1.54, 1.807) is 29.1 Å². The lowest BCUT2D eigenvalue weighted by Crippen LogP contribution is -2.71. The molecule has 1 fully saturated rings. The summed E-state index contributed by atoms with van der Waals surface area (Å²) in [6.07, 6.45) is 10.1. The fraction of sp³-hybridized carbons (Fsp3) is 0.484. The van der Waals surface area contributed by atoms with Crippen LogP contribution in [0.2, 0.25) is 0 Å². The van der Waals surface area contributed by atoms with E-state index in [-0.39, 0.29) is 34.7 Å². The number of nitrogens with two attached hydrogens (primary N) is 1. The summed E-state index contributed by atoms with van der Waals surface area (Å²) >= 11 is 2.30. The van der Waals surface area contributed by atoms with Crippen molar-refractivity contribution in [3.8, 4) is 0 Å². The number of nitrogens with one attached hydrogen (secondary N) is 2. The van der Waals surface area contributed by atoms with Crippen molar-refractivity contribution in [3.63, 3.8) is 0 Å². The van der Waals surface area contributed by atoms with Crippen LogP contribution in [0.1, 0.15) is 75.3 Å². The van der Waals surface area contributed by atoms with E-state index in [1.165, 1.54) is 50.3 Å². The van der Waals surface area contributed by atoms with Crippen molar-refractivity contribution in [2.45, 2.75) is 82.9 Å². The molecule has 48 heavy (non-hydrogen) atoms. The smallest absolute Gasteiger partial charge is 0.352 e. The topological polar surface area (TPSA) is 217 Å². The van der Waals surface area contributed by atoms with Crippen molar-refractivity contribution < 1.29 is 43.6 Å². The van der Waals surface area contributed by atoms with Crippen molar-refractivity contribution in [1.82, 2.24) is 20.5 Å². The summed E-state index contributed by atoms with van der Waals surface area (Å²) in [4.78, 5) is 73.3. The SMILES string of the molecule is CCCCCCCCNC(=O)c1cc[n+](CC2=C(C(=O)O)N3C(=O)[C@@H](NC(=O)/C(=N\OC(C)(C)C(=O)O)c4csc(N)n4)[C@H]3SC2)cc1. The minimum Gasteiger partial charge on any atom is -0.478 e. The summed E-state index contributed by atoms with van der Waals surface area (Å²) in [7, 11) is 0. The number of hydrogen-bond acceptors (Lipinski definition) is 11. The molecule has 258 valence electrons.